The first kappa shape index (κ1) is 18.1. The maximum atomic E-state index is 11.7. The number of amides is 2. The zero-order valence-corrected chi connectivity index (χ0v) is 14.9. The van der Waals surface area contributed by atoms with Gasteiger partial charge in [-0.25, -0.2) is 4.98 Å². The van der Waals surface area contributed by atoms with Crippen LogP contribution in [-0.2, 0) is 15.0 Å². The van der Waals surface area contributed by atoms with Gasteiger partial charge in [-0.1, -0.05) is 45.0 Å². The fourth-order valence-corrected chi connectivity index (χ4v) is 2.76. The van der Waals surface area contributed by atoms with E-state index < -0.39 is 0 Å². The minimum atomic E-state index is -0.371. The quantitative estimate of drug-likeness (QED) is 0.772. The predicted octanol–water partition coefficient (Wildman–Crippen LogP) is 2.12. The fourth-order valence-electron chi connectivity index (χ4n) is 2.02. The molecule has 128 valence electrons. The van der Waals surface area contributed by atoms with Gasteiger partial charge in [-0.3, -0.25) is 9.59 Å². The van der Waals surface area contributed by atoms with Gasteiger partial charge >= 0.3 is 0 Å². The van der Waals surface area contributed by atoms with Gasteiger partial charge in [0.25, 0.3) is 0 Å². The second kappa shape index (κ2) is 7.55. The monoisotopic (exact) mass is 346 g/mol. The van der Waals surface area contributed by atoms with Gasteiger partial charge in [-0.2, -0.15) is 0 Å². The third-order valence-corrected chi connectivity index (χ3v) is 4.19. The van der Waals surface area contributed by atoms with Gasteiger partial charge in [0.1, 0.15) is 0 Å². The van der Waals surface area contributed by atoms with Gasteiger partial charge < -0.3 is 16.4 Å². The van der Waals surface area contributed by atoms with E-state index in [1.54, 1.807) is 0 Å². The highest BCUT2D eigenvalue weighted by Crippen LogP contribution is 2.28. The van der Waals surface area contributed by atoms with Crippen LogP contribution in [0.1, 0.15) is 26.3 Å². The third-order valence-electron chi connectivity index (χ3n) is 3.43. The van der Waals surface area contributed by atoms with E-state index in [0.29, 0.717) is 5.13 Å². The standard InChI is InChI=1S/C17H22N4O2S/c1-17(2,3)12-6-4-11(5-7-12)13-10-24-16(20-13)21-15(23)9-19-14(22)8-18/h4-7,10H,8-9,18H2,1-3H3,(H,19,22)(H,20,21,23). The number of rotatable bonds is 5. The first-order valence-electron chi connectivity index (χ1n) is 7.62. The Balaban J connectivity index is 2.00. The molecule has 0 aliphatic rings. The molecule has 0 bridgehead atoms. The number of carbonyl (C=O) groups is 2. The zero-order chi connectivity index (χ0) is 17.7. The van der Waals surface area contributed by atoms with E-state index in [9.17, 15) is 9.59 Å². The molecule has 0 saturated carbocycles. The first-order valence-corrected chi connectivity index (χ1v) is 8.50. The Bertz CT molecular complexity index is 717. The van der Waals surface area contributed by atoms with Crippen LogP contribution in [0.3, 0.4) is 0 Å². The molecule has 6 nitrogen and oxygen atoms in total. The van der Waals surface area contributed by atoms with Crippen molar-refractivity contribution in [2.24, 2.45) is 5.73 Å². The minimum Gasteiger partial charge on any atom is -0.346 e. The molecule has 0 spiro atoms. The summed E-state index contributed by atoms with van der Waals surface area (Å²) >= 11 is 1.34. The van der Waals surface area contributed by atoms with Gasteiger partial charge in [0.05, 0.1) is 18.8 Å². The van der Waals surface area contributed by atoms with Crippen LogP contribution in [0.5, 0.6) is 0 Å². The molecule has 0 unspecified atom stereocenters. The summed E-state index contributed by atoms with van der Waals surface area (Å²) in [7, 11) is 0. The molecule has 1 aromatic carbocycles. The number of aromatic nitrogens is 1. The second-order valence-electron chi connectivity index (χ2n) is 6.39. The minimum absolute atomic E-state index is 0.105. The van der Waals surface area contributed by atoms with Crippen LogP contribution in [0.2, 0.25) is 0 Å². The number of nitrogens with one attached hydrogen (secondary N) is 2. The molecule has 2 amide bonds. The lowest BCUT2D eigenvalue weighted by atomic mass is 9.86. The van der Waals surface area contributed by atoms with E-state index in [4.69, 9.17) is 5.73 Å². The van der Waals surface area contributed by atoms with Crippen molar-refractivity contribution < 1.29 is 9.59 Å². The Kier molecular flexibility index (Phi) is 5.69. The normalized spacial score (nSPS) is 11.2. The molecule has 4 N–H and O–H groups in total. The molecule has 1 aromatic heterocycles. The molecule has 0 saturated heterocycles. The topological polar surface area (TPSA) is 97.1 Å². The molecular weight excluding hydrogens is 324 g/mol. The summed E-state index contributed by atoms with van der Waals surface area (Å²) in [4.78, 5) is 27.2. The number of hydrogen-bond donors (Lipinski definition) is 3. The summed E-state index contributed by atoms with van der Waals surface area (Å²) < 4.78 is 0. The van der Waals surface area contributed by atoms with Crippen molar-refractivity contribution in [3.63, 3.8) is 0 Å². The predicted molar refractivity (Wildman–Crippen MR) is 96.9 cm³/mol. The van der Waals surface area contributed by atoms with Gasteiger partial charge in [-0.15, -0.1) is 11.3 Å². The van der Waals surface area contributed by atoms with Crippen LogP contribution in [0.15, 0.2) is 29.6 Å². The Morgan fingerprint density at radius 3 is 2.42 bits per heavy atom. The van der Waals surface area contributed by atoms with E-state index >= 15 is 0 Å². The van der Waals surface area contributed by atoms with Crippen molar-refractivity contribution in [1.82, 2.24) is 10.3 Å². The number of carbonyl (C=O) groups excluding carboxylic acids is 2. The van der Waals surface area contributed by atoms with E-state index in [1.165, 1.54) is 16.9 Å². The van der Waals surface area contributed by atoms with Crippen molar-refractivity contribution in [2.75, 3.05) is 18.4 Å². The Labute approximate surface area is 145 Å². The summed E-state index contributed by atoms with van der Waals surface area (Å²) in [6, 6.07) is 8.25. The molecule has 0 aliphatic heterocycles. The summed E-state index contributed by atoms with van der Waals surface area (Å²) in [6.45, 7) is 6.25. The third kappa shape index (κ3) is 4.87. The average molecular weight is 346 g/mol. The molecule has 2 aromatic rings. The van der Waals surface area contributed by atoms with Crippen LogP contribution in [-0.4, -0.2) is 29.9 Å². The van der Waals surface area contributed by atoms with Crippen molar-refractivity contribution in [1.29, 1.82) is 0 Å². The summed E-state index contributed by atoms with van der Waals surface area (Å²) in [5.74, 6) is -0.704. The van der Waals surface area contributed by atoms with Crippen LogP contribution < -0.4 is 16.4 Å². The Hall–Kier alpha value is -2.25. The van der Waals surface area contributed by atoms with Gasteiger partial charge in [0.15, 0.2) is 5.13 Å². The van der Waals surface area contributed by atoms with E-state index in [1.807, 2.05) is 17.5 Å². The maximum absolute atomic E-state index is 11.7. The largest absolute Gasteiger partial charge is 0.346 e. The lowest BCUT2D eigenvalue weighted by Crippen LogP contribution is -2.36. The Morgan fingerprint density at radius 1 is 1.17 bits per heavy atom. The fraction of sp³-hybridized carbons (Fsp3) is 0.353. The number of anilines is 1. The SMILES string of the molecule is CC(C)(C)c1ccc(-c2csc(NC(=O)CNC(=O)CN)n2)cc1. The molecule has 0 radical (unpaired) electrons. The highest BCUT2D eigenvalue weighted by Gasteiger charge is 2.14. The maximum Gasteiger partial charge on any atom is 0.245 e. The summed E-state index contributed by atoms with van der Waals surface area (Å²) in [5, 5.41) is 7.46. The number of nitrogens with two attached hydrogens (primary N) is 1. The van der Waals surface area contributed by atoms with Crippen molar-refractivity contribution in [3.8, 4) is 11.3 Å². The highest BCUT2D eigenvalue weighted by atomic mass is 32.1. The molecular formula is C17H22N4O2S. The van der Waals surface area contributed by atoms with Crippen LogP contribution in [0.25, 0.3) is 11.3 Å². The molecule has 1 heterocycles. The van der Waals surface area contributed by atoms with Crippen molar-refractivity contribution in [2.45, 2.75) is 26.2 Å². The van der Waals surface area contributed by atoms with E-state index in [2.05, 4.69) is 48.5 Å². The summed E-state index contributed by atoms with van der Waals surface area (Å²) in [5.41, 5.74) is 8.33. The van der Waals surface area contributed by atoms with Crippen LogP contribution in [0, 0.1) is 0 Å². The zero-order valence-electron chi connectivity index (χ0n) is 14.1. The molecule has 0 aliphatic carbocycles. The van der Waals surface area contributed by atoms with E-state index in [0.717, 1.165) is 11.3 Å². The smallest absolute Gasteiger partial charge is 0.245 e. The van der Waals surface area contributed by atoms with Crippen LogP contribution >= 0.6 is 11.3 Å². The molecule has 0 fully saturated rings. The molecule has 24 heavy (non-hydrogen) atoms. The van der Waals surface area contributed by atoms with Crippen LogP contribution in [0.4, 0.5) is 5.13 Å². The summed E-state index contributed by atoms with van der Waals surface area (Å²) in [6.07, 6.45) is 0. The van der Waals surface area contributed by atoms with Gasteiger partial charge in [0.2, 0.25) is 11.8 Å². The van der Waals surface area contributed by atoms with Gasteiger partial charge in [-0.05, 0) is 11.0 Å². The van der Waals surface area contributed by atoms with Gasteiger partial charge in [0, 0.05) is 10.9 Å². The number of thiazole rings is 1. The number of nitrogens with zero attached hydrogens (tertiary/aromatic N) is 1. The highest BCUT2D eigenvalue weighted by molar-refractivity contribution is 7.14. The lowest BCUT2D eigenvalue weighted by molar-refractivity contribution is -0.123. The number of benzene rings is 1. The molecule has 2 rings (SSSR count). The van der Waals surface area contributed by atoms with E-state index in [-0.39, 0.29) is 30.3 Å². The lowest BCUT2D eigenvalue weighted by Gasteiger charge is -2.18. The first-order chi connectivity index (χ1) is 11.3. The second-order valence-corrected chi connectivity index (χ2v) is 7.25. The average Bonchev–Trinajstić information content (AvgIpc) is 3.00. The molecule has 0 atom stereocenters. The number of hydrogen-bond acceptors (Lipinski definition) is 5. The molecule has 7 heteroatoms. The van der Waals surface area contributed by atoms with Crippen molar-refractivity contribution in [3.05, 3.63) is 35.2 Å². The Morgan fingerprint density at radius 2 is 1.83 bits per heavy atom. The van der Waals surface area contributed by atoms with Crippen molar-refractivity contribution >= 4 is 28.3 Å².